The number of ketones is 1. The summed E-state index contributed by atoms with van der Waals surface area (Å²) in [5.74, 6) is 0.602. The second-order valence-corrected chi connectivity index (χ2v) is 9.13. The number of carbonyl (C=O) groups excluding carboxylic acids is 1. The zero-order valence-electron chi connectivity index (χ0n) is 20.6. The Morgan fingerprint density at radius 2 is 1.45 bits per heavy atom. The Hall–Kier alpha value is -2.69. The molecule has 0 N–H and O–H groups in total. The molecule has 0 fully saturated rings. The van der Waals surface area contributed by atoms with Crippen molar-refractivity contribution in [2.45, 2.75) is 52.4 Å². The van der Waals surface area contributed by atoms with Crippen LogP contribution in [0.25, 0.3) is 0 Å². The van der Waals surface area contributed by atoms with E-state index in [1.807, 2.05) is 19.1 Å². The summed E-state index contributed by atoms with van der Waals surface area (Å²) in [6.45, 7) is 17.1. The SMILES string of the molecule is C=C(C)COCOCCCCc1ccc(C(C)(C)c2ccc(OCC(=O)C(=C)C)cc2)cc1. The molecule has 2 rings (SSSR count). The quantitative estimate of drug-likeness (QED) is 0.136. The smallest absolute Gasteiger partial charge is 0.195 e. The van der Waals surface area contributed by atoms with Crippen LogP contribution >= 0.6 is 0 Å². The van der Waals surface area contributed by atoms with Crippen molar-refractivity contribution in [2.24, 2.45) is 0 Å². The van der Waals surface area contributed by atoms with Crippen molar-refractivity contribution < 1.29 is 19.0 Å². The van der Waals surface area contributed by atoms with Crippen LogP contribution in [0, 0.1) is 0 Å². The molecule has 0 bridgehead atoms. The number of benzene rings is 2. The van der Waals surface area contributed by atoms with Gasteiger partial charge in [0.25, 0.3) is 0 Å². The minimum Gasteiger partial charge on any atom is -0.485 e. The zero-order chi connectivity index (χ0) is 24.3. The van der Waals surface area contributed by atoms with Gasteiger partial charge in [-0.2, -0.15) is 0 Å². The second kappa shape index (κ2) is 13.1. The third-order valence-electron chi connectivity index (χ3n) is 5.62. The molecule has 0 aliphatic rings. The van der Waals surface area contributed by atoms with Gasteiger partial charge in [0.2, 0.25) is 0 Å². The third kappa shape index (κ3) is 8.99. The van der Waals surface area contributed by atoms with Gasteiger partial charge in [0.05, 0.1) is 6.61 Å². The van der Waals surface area contributed by atoms with Gasteiger partial charge < -0.3 is 14.2 Å². The summed E-state index contributed by atoms with van der Waals surface area (Å²) in [6.07, 6.45) is 3.13. The molecule has 33 heavy (non-hydrogen) atoms. The van der Waals surface area contributed by atoms with Gasteiger partial charge >= 0.3 is 0 Å². The molecular formula is C29H38O4. The van der Waals surface area contributed by atoms with Crippen LogP contribution in [0.4, 0.5) is 0 Å². The molecule has 0 radical (unpaired) electrons. The van der Waals surface area contributed by atoms with E-state index in [9.17, 15) is 4.79 Å². The summed E-state index contributed by atoms with van der Waals surface area (Å²) < 4.78 is 16.4. The Kier molecular flexibility index (Phi) is 10.6. The van der Waals surface area contributed by atoms with E-state index in [0.29, 0.717) is 31.3 Å². The van der Waals surface area contributed by atoms with Crippen molar-refractivity contribution in [3.63, 3.8) is 0 Å². The molecule has 4 nitrogen and oxygen atoms in total. The van der Waals surface area contributed by atoms with Crippen LogP contribution in [0.1, 0.15) is 57.2 Å². The van der Waals surface area contributed by atoms with Crippen molar-refractivity contribution in [1.29, 1.82) is 0 Å². The fraction of sp³-hybridized carbons (Fsp3) is 0.414. The van der Waals surface area contributed by atoms with Gasteiger partial charge in [-0.25, -0.2) is 0 Å². The average Bonchev–Trinajstić information content (AvgIpc) is 2.79. The Morgan fingerprint density at radius 1 is 0.848 bits per heavy atom. The van der Waals surface area contributed by atoms with Crippen LogP contribution in [0.3, 0.4) is 0 Å². The van der Waals surface area contributed by atoms with Crippen LogP contribution < -0.4 is 4.74 Å². The standard InChI is InChI=1S/C29H38O4/c1-22(2)19-32-21-31-18-8-7-9-24-10-12-25(13-11-24)29(5,6)26-14-16-27(17-15-26)33-20-28(30)23(3)4/h10-17H,1,3,7-9,18-21H2,2,4-6H3. The molecule has 0 spiro atoms. The monoisotopic (exact) mass is 450 g/mol. The molecule has 0 unspecified atom stereocenters. The Labute approximate surface area is 199 Å². The van der Waals surface area contributed by atoms with Crippen molar-refractivity contribution in [3.8, 4) is 5.75 Å². The number of carbonyl (C=O) groups is 1. The van der Waals surface area contributed by atoms with Crippen LogP contribution in [0.15, 0.2) is 72.8 Å². The summed E-state index contributed by atoms with van der Waals surface area (Å²) in [6, 6.07) is 16.8. The number of unbranched alkanes of at least 4 members (excludes halogenated alkanes) is 1. The fourth-order valence-electron chi connectivity index (χ4n) is 3.36. The Morgan fingerprint density at radius 3 is 2.03 bits per heavy atom. The largest absolute Gasteiger partial charge is 0.485 e. The zero-order valence-corrected chi connectivity index (χ0v) is 20.6. The van der Waals surface area contributed by atoms with Gasteiger partial charge in [0, 0.05) is 12.0 Å². The van der Waals surface area contributed by atoms with Gasteiger partial charge in [-0.05, 0) is 67.5 Å². The minimum atomic E-state index is -0.137. The van der Waals surface area contributed by atoms with Crippen LogP contribution in [0.5, 0.6) is 5.75 Å². The molecule has 178 valence electrons. The van der Waals surface area contributed by atoms with Crippen LogP contribution in [-0.4, -0.2) is 32.4 Å². The lowest BCUT2D eigenvalue weighted by atomic mass is 9.78. The van der Waals surface area contributed by atoms with E-state index in [2.05, 4.69) is 63.4 Å². The van der Waals surface area contributed by atoms with Gasteiger partial charge in [0.15, 0.2) is 12.4 Å². The fourth-order valence-corrected chi connectivity index (χ4v) is 3.36. The maximum Gasteiger partial charge on any atom is 0.195 e. The average molecular weight is 451 g/mol. The molecule has 4 heteroatoms. The highest BCUT2D eigenvalue weighted by Crippen LogP contribution is 2.32. The first-order valence-corrected chi connectivity index (χ1v) is 11.5. The van der Waals surface area contributed by atoms with Crippen LogP contribution in [-0.2, 0) is 26.1 Å². The van der Waals surface area contributed by atoms with E-state index in [-0.39, 0.29) is 17.8 Å². The summed E-state index contributed by atoms with van der Waals surface area (Å²) in [7, 11) is 0. The van der Waals surface area contributed by atoms with Gasteiger partial charge in [-0.15, -0.1) is 0 Å². The Balaban J connectivity index is 1.81. The maximum absolute atomic E-state index is 11.7. The molecule has 0 saturated carbocycles. The van der Waals surface area contributed by atoms with Crippen molar-refractivity contribution in [1.82, 2.24) is 0 Å². The van der Waals surface area contributed by atoms with Crippen molar-refractivity contribution in [2.75, 3.05) is 26.6 Å². The highest BCUT2D eigenvalue weighted by atomic mass is 16.7. The lowest BCUT2D eigenvalue weighted by molar-refractivity contribution is -0.117. The number of hydrogen-bond acceptors (Lipinski definition) is 4. The minimum absolute atomic E-state index is 0.0223. The lowest BCUT2D eigenvalue weighted by Crippen LogP contribution is -2.19. The molecule has 0 amide bonds. The predicted molar refractivity (Wildman–Crippen MR) is 135 cm³/mol. The molecular weight excluding hydrogens is 412 g/mol. The maximum atomic E-state index is 11.7. The first kappa shape index (κ1) is 26.6. The topological polar surface area (TPSA) is 44.8 Å². The van der Waals surface area contributed by atoms with E-state index < -0.39 is 0 Å². The molecule has 0 atom stereocenters. The first-order valence-electron chi connectivity index (χ1n) is 11.5. The molecule has 0 aliphatic heterocycles. The highest BCUT2D eigenvalue weighted by molar-refractivity contribution is 5.95. The summed E-state index contributed by atoms with van der Waals surface area (Å²) in [5.41, 5.74) is 5.16. The van der Waals surface area contributed by atoms with Gasteiger partial charge in [-0.1, -0.05) is 69.0 Å². The number of Topliss-reactive ketones (excluding diaryl/α,β-unsaturated/α-hetero) is 1. The molecule has 2 aromatic carbocycles. The van der Waals surface area contributed by atoms with Gasteiger partial charge in [-0.3, -0.25) is 4.79 Å². The van der Waals surface area contributed by atoms with E-state index in [4.69, 9.17) is 14.2 Å². The lowest BCUT2D eigenvalue weighted by Gasteiger charge is -2.26. The predicted octanol–water partition coefficient (Wildman–Crippen LogP) is 6.43. The second-order valence-electron chi connectivity index (χ2n) is 9.13. The number of ether oxygens (including phenoxy) is 3. The normalized spacial score (nSPS) is 11.3. The summed E-state index contributed by atoms with van der Waals surface area (Å²) in [5, 5.41) is 0. The van der Waals surface area contributed by atoms with Crippen LogP contribution in [0.2, 0.25) is 0 Å². The number of aryl methyl sites for hydroxylation is 1. The van der Waals surface area contributed by atoms with Crippen molar-refractivity contribution >= 4 is 5.78 Å². The molecule has 2 aromatic rings. The number of hydrogen-bond donors (Lipinski definition) is 0. The van der Waals surface area contributed by atoms with Crippen molar-refractivity contribution in [3.05, 3.63) is 89.5 Å². The number of rotatable bonds is 15. The Bertz CT molecular complexity index is 908. The van der Waals surface area contributed by atoms with E-state index in [0.717, 1.165) is 24.8 Å². The van der Waals surface area contributed by atoms with Gasteiger partial charge in [0.1, 0.15) is 12.5 Å². The summed E-state index contributed by atoms with van der Waals surface area (Å²) >= 11 is 0. The molecule has 0 saturated heterocycles. The molecule has 0 aliphatic carbocycles. The molecule has 0 aromatic heterocycles. The first-order chi connectivity index (χ1) is 15.7. The van der Waals surface area contributed by atoms with E-state index >= 15 is 0 Å². The van der Waals surface area contributed by atoms with E-state index in [1.54, 1.807) is 6.92 Å². The summed E-state index contributed by atoms with van der Waals surface area (Å²) in [4.78, 5) is 11.7. The van der Waals surface area contributed by atoms with E-state index in [1.165, 1.54) is 16.7 Å². The third-order valence-corrected chi connectivity index (χ3v) is 5.62. The molecule has 0 heterocycles. The highest BCUT2D eigenvalue weighted by Gasteiger charge is 2.23.